The molecule has 0 saturated carbocycles. The summed E-state index contributed by atoms with van der Waals surface area (Å²) < 4.78 is 0. The van der Waals surface area contributed by atoms with Gasteiger partial charge < -0.3 is 5.11 Å². The molecule has 1 atom stereocenters. The Bertz CT molecular complexity index is 351. The van der Waals surface area contributed by atoms with Crippen LogP contribution in [0.3, 0.4) is 0 Å². The Labute approximate surface area is 91.7 Å². The van der Waals surface area contributed by atoms with Gasteiger partial charge in [0.2, 0.25) is 0 Å². The molecule has 0 aliphatic carbocycles. The molecular weight excluding hydrogens is 212 g/mol. The quantitative estimate of drug-likeness (QED) is 0.843. The van der Waals surface area contributed by atoms with Gasteiger partial charge in [0, 0.05) is 4.88 Å². The van der Waals surface area contributed by atoms with E-state index in [-0.39, 0.29) is 6.10 Å². The predicted octanol–water partition coefficient (Wildman–Crippen LogP) is 3.48. The van der Waals surface area contributed by atoms with Gasteiger partial charge in [-0.2, -0.15) is 11.3 Å². The molecule has 0 amide bonds. The molecule has 14 heavy (non-hydrogen) atoms. The molecule has 2 aromatic heterocycles. The number of aliphatic hydroxyl groups is 1. The van der Waals surface area contributed by atoms with Gasteiger partial charge in [0.15, 0.2) is 0 Å². The highest BCUT2D eigenvalue weighted by Crippen LogP contribution is 2.22. The molecule has 0 radical (unpaired) electrons. The Hall–Kier alpha value is -0.640. The zero-order chi connectivity index (χ0) is 9.80. The molecule has 2 aromatic rings. The van der Waals surface area contributed by atoms with Crippen LogP contribution in [0.1, 0.15) is 23.0 Å². The van der Waals surface area contributed by atoms with Crippen LogP contribution in [0, 0.1) is 0 Å². The Morgan fingerprint density at radius 1 is 1.29 bits per heavy atom. The fourth-order valence-corrected chi connectivity index (χ4v) is 2.80. The Morgan fingerprint density at radius 3 is 2.86 bits per heavy atom. The Balaban J connectivity index is 1.87. The maximum absolute atomic E-state index is 9.82. The summed E-state index contributed by atoms with van der Waals surface area (Å²) >= 11 is 3.39. The van der Waals surface area contributed by atoms with Gasteiger partial charge in [0.1, 0.15) is 0 Å². The van der Waals surface area contributed by atoms with Gasteiger partial charge in [-0.05, 0) is 46.7 Å². The van der Waals surface area contributed by atoms with Crippen LogP contribution >= 0.6 is 22.7 Å². The van der Waals surface area contributed by atoms with E-state index >= 15 is 0 Å². The molecule has 2 heterocycles. The van der Waals surface area contributed by atoms with E-state index in [0.29, 0.717) is 0 Å². The molecule has 0 aromatic carbocycles. The summed E-state index contributed by atoms with van der Waals surface area (Å²) in [5, 5.41) is 15.9. The first-order valence-corrected chi connectivity index (χ1v) is 6.41. The van der Waals surface area contributed by atoms with E-state index in [1.165, 1.54) is 4.88 Å². The molecule has 1 unspecified atom stereocenters. The van der Waals surface area contributed by atoms with Crippen LogP contribution in [0.4, 0.5) is 0 Å². The fourth-order valence-electron chi connectivity index (χ4n) is 1.37. The smallest absolute Gasteiger partial charge is 0.0801 e. The second-order valence-electron chi connectivity index (χ2n) is 3.19. The summed E-state index contributed by atoms with van der Waals surface area (Å²) in [4.78, 5) is 1.35. The minimum atomic E-state index is -0.302. The van der Waals surface area contributed by atoms with Gasteiger partial charge in [0.25, 0.3) is 0 Å². The summed E-state index contributed by atoms with van der Waals surface area (Å²) in [7, 11) is 0. The van der Waals surface area contributed by atoms with Crippen molar-refractivity contribution < 1.29 is 5.11 Å². The normalized spacial score (nSPS) is 12.9. The fraction of sp³-hybridized carbons (Fsp3) is 0.273. The number of aryl methyl sites for hydroxylation is 1. The van der Waals surface area contributed by atoms with Crippen molar-refractivity contribution in [2.75, 3.05) is 0 Å². The molecule has 0 spiro atoms. The molecule has 3 heteroatoms. The number of thiophene rings is 2. The zero-order valence-corrected chi connectivity index (χ0v) is 9.35. The van der Waals surface area contributed by atoms with Crippen molar-refractivity contribution >= 4 is 22.7 Å². The van der Waals surface area contributed by atoms with Crippen molar-refractivity contribution in [2.24, 2.45) is 0 Å². The van der Waals surface area contributed by atoms with Gasteiger partial charge in [-0.25, -0.2) is 0 Å². The van der Waals surface area contributed by atoms with Crippen LogP contribution < -0.4 is 0 Å². The largest absolute Gasteiger partial charge is 0.388 e. The van der Waals surface area contributed by atoms with Gasteiger partial charge in [-0.15, -0.1) is 11.3 Å². The van der Waals surface area contributed by atoms with E-state index < -0.39 is 0 Å². The maximum atomic E-state index is 9.82. The second kappa shape index (κ2) is 4.73. The van der Waals surface area contributed by atoms with E-state index in [1.807, 2.05) is 16.8 Å². The Kier molecular flexibility index (Phi) is 3.35. The summed E-state index contributed by atoms with van der Waals surface area (Å²) in [5.41, 5.74) is 1.05. The van der Waals surface area contributed by atoms with E-state index in [0.717, 1.165) is 18.4 Å². The molecule has 74 valence electrons. The lowest BCUT2D eigenvalue weighted by Crippen LogP contribution is -1.96. The minimum Gasteiger partial charge on any atom is -0.388 e. The lowest BCUT2D eigenvalue weighted by atomic mass is 10.1. The predicted molar refractivity (Wildman–Crippen MR) is 61.9 cm³/mol. The molecule has 0 saturated heterocycles. The van der Waals surface area contributed by atoms with Crippen molar-refractivity contribution in [1.29, 1.82) is 0 Å². The van der Waals surface area contributed by atoms with Crippen LogP contribution in [0.5, 0.6) is 0 Å². The number of hydrogen-bond donors (Lipinski definition) is 1. The van der Waals surface area contributed by atoms with Gasteiger partial charge >= 0.3 is 0 Å². The second-order valence-corrected chi connectivity index (χ2v) is 5.00. The third kappa shape index (κ3) is 2.44. The molecule has 0 aliphatic rings. The summed E-state index contributed by atoms with van der Waals surface area (Å²) in [5.74, 6) is 0. The molecule has 0 fully saturated rings. The lowest BCUT2D eigenvalue weighted by Gasteiger charge is -2.06. The van der Waals surface area contributed by atoms with Crippen LogP contribution in [0.2, 0.25) is 0 Å². The lowest BCUT2D eigenvalue weighted by molar-refractivity contribution is 0.168. The topological polar surface area (TPSA) is 20.2 Å². The summed E-state index contributed by atoms with van der Waals surface area (Å²) in [6.07, 6.45) is 1.48. The van der Waals surface area contributed by atoms with Crippen LogP contribution in [-0.2, 0) is 6.42 Å². The first-order chi connectivity index (χ1) is 6.86. The standard InChI is InChI=1S/C11H12OS2/c12-11(9-5-7-13-8-9)4-3-10-2-1-6-14-10/h1-2,5-8,11-12H,3-4H2. The van der Waals surface area contributed by atoms with Crippen molar-refractivity contribution in [3.63, 3.8) is 0 Å². The summed E-state index contributed by atoms with van der Waals surface area (Å²) in [6.45, 7) is 0. The van der Waals surface area contributed by atoms with E-state index in [1.54, 1.807) is 22.7 Å². The average molecular weight is 224 g/mol. The molecule has 1 nitrogen and oxygen atoms in total. The highest BCUT2D eigenvalue weighted by molar-refractivity contribution is 7.09. The van der Waals surface area contributed by atoms with Crippen molar-refractivity contribution in [1.82, 2.24) is 0 Å². The molecule has 0 aliphatic heterocycles. The van der Waals surface area contributed by atoms with Crippen LogP contribution in [-0.4, -0.2) is 5.11 Å². The molecular formula is C11H12OS2. The van der Waals surface area contributed by atoms with Gasteiger partial charge in [-0.1, -0.05) is 6.07 Å². The SMILES string of the molecule is OC(CCc1cccs1)c1ccsc1. The monoisotopic (exact) mass is 224 g/mol. The number of rotatable bonds is 4. The first-order valence-electron chi connectivity index (χ1n) is 4.59. The zero-order valence-electron chi connectivity index (χ0n) is 7.72. The minimum absolute atomic E-state index is 0.302. The highest BCUT2D eigenvalue weighted by atomic mass is 32.1. The van der Waals surface area contributed by atoms with Crippen molar-refractivity contribution in [3.8, 4) is 0 Å². The third-order valence-corrected chi connectivity index (χ3v) is 3.81. The summed E-state index contributed by atoms with van der Waals surface area (Å²) in [6, 6.07) is 6.16. The van der Waals surface area contributed by atoms with Crippen molar-refractivity contribution in [3.05, 3.63) is 44.8 Å². The number of hydrogen-bond acceptors (Lipinski definition) is 3. The van der Waals surface area contributed by atoms with Crippen LogP contribution in [0.15, 0.2) is 34.3 Å². The Morgan fingerprint density at radius 2 is 2.21 bits per heavy atom. The van der Waals surface area contributed by atoms with Crippen LogP contribution in [0.25, 0.3) is 0 Å². The third-order valence-electron chi connectivity index (χ3n) is 2.17. The van der Waals surface area contributed by atoms with E-state index in [4.69, 9.17) is 0 Å². The molecule has 2 rings (SSSR count). The van der Waals surface area contributed by atoms with E-state index in [9.17, 15) is 5.11 Å². The molecule has 1 N–H and O–H groups in total. The first kappa shape index (κ1) is 9.90. The number of aliphatic hydroxyl groups excluding tert-OH is 1. The van der Waals surface area contributed by atoms with E-state index in [2.05, 4.69) is 17.5 Å². The van der Waals surface area contributed by atoms with Gasteiger partial charge in [-0.3, -0.25) is 0 Å². The highest BCUT2D eigenvalue weighted by Gasteiger charge is 2.07. The van der Waals surface area contributed by atoms with Gasteiger partial charge in [0.05, 0.1) is 6.10 Å². The van der Waals surface area contributed by atoms with Crippen molar-refractivity contribution in [2.45, 2.75) is 18.9 Å². The maximum Gasteiger partial charge on any atom is 0.0801 e. The molecule has 0 bridgehead atoms. The average Bonchev–Trinajstić information content (AvgIpc) is 2.87.